The average molecular weight is 424 g/mol. The van der Waals surface area contributed by atoms with E-state index in [1.54, 1.807) is 10.7 Å². The number of nitrogens with zero attached hydrogens (tertiary/aromatic N) is 3. The molecule has 7 heteroatoms. The van der Waals surface area contributed by atoms with Crippen LogP contribution >= 0.6 is 0 Å². The summed E-state index contributed by atoms with van der Waals surface area (Å²) in [5.41, 5.74) is 3.34. The molecule has 164 valence electrons. The number of benzene rings is 1. The van der Waals surface area contributed by atoms with E-state index in [1.165, 1.54) is 0 Å². The van der Waals surface area contributed by atoms with Crippen LogP contribution in [0.15, 0.2) is 30.3 Å². The highest BCUT2D eigenvalue weighted by Crippen LogP contribution is 2.30. The average Bonchev–Trinajstić information content (AvgIpc) is 3.36. The molecule has 0 bridgehead atoms. The summed E-state index contributed by atoms with van der Waals surface area (Å²) in [6.07, 6.45) is -0.575. The number of aromatic nitrogens is 2. The fourth-order valence-corrected chi connectivity index (χ4v) is 3.43. The van der Waals surface area contributed by atoms with Gasteiger partial charge < -0.3 is 14.2 Å². The lowest BCUT2D eigenvalue weighted by molar-refractivity contribution is 0.0444. The molecule has 2 aromatic rings. The Balaban J connectivity index is 2.04. The Morgan fingerprint density at radius 1 is 1.32 bits per heavy atom. The highest BCUT2D eigenvalue weighted by Gasteiger charge is 2.26. The summed E-state index contributed by atoms with van der Waals surface area (Å²) >= 11 is 0. The summed E-state index contributed by atoms with van der Waals surface area (Å²) in [5.74, 6) is 0.136. The maximum absolute atomic E-state index is 12.6. The van der Waals surface area contributed by atoms with Gasteiger partial charge in [-0.1, -0.05) is 45.0 Å². The Morgan fingerprint density at radius 2 is 2.03 bits per heavy atom. The SMILES string of the molecule is CCn1nc(C)cc1/C(OC(=O)OC1CCOC1)=C(\C#N)c1ccc(C(C)(C)C)cc1. The molecule has 1 unspecified atom stereocenters. The van der Waals surface area contributed by atoms with Crippen molar-refractivity contribution in [1.82, 2.24) is 9.78 Å². The van der Waals surface area contributed by atoms with Crippen LogP contribution in [0, 0.1) is 18.3 Å². The molecule has 1 saturated heterocycles. The molecule has 3 rings (SSSR count). The van der Waals surface area contributed by atoms with E-state index in [0.717, 1.165) is 11.3 Å². The monoisotopic (exact) mass is 423 g/mol. The van der Waals surface area contributed by atoms with Gasteiger partial charge in [-0.05, 0) is 36.5 Å². The summed E-state index contributed by atoms with van der Waals surface area (Å²) in [6.45, 7) is 11.6. The number of aryl methyl sites for hydroxylation is 2. The normalized spacial score (nSPS) is 17.1. The van der Waals surface area contributed by atoms with Crippen LogP contribution in [0.3, 0.4) is 0 Å². The molecule has 2 heterocycles. The molecule has 0 N–H and O–H groups in total. The second kappa shape index (κ2) is 9.36. The highest BCUT2D eigenvalue weighted by molar-refractivity contribution is 5.96. The topological polar surface area (TPSA) is 86.4 Å². The summed E-state index contributed by atoms with van der Waals surface area (Å²) in [6, 6.07) is 11.7. The largest absolute Gasteiger partial charge is 0.514 e. The van der Waals surface area contributed by atoms with Gasteiger partial charge in [0.25, 0.3) is 0 Å². The lowest BCUT2D eigenvalue weighted by Gasteiger charge is -2.19. The first kappa shape index (κ1) is 22.6. The van der Waals surface area contributed by atoms with Gasteiger partial charge in [-0.25, -0.2) is 4.79 Å². The van der Waals surface area contributed by atoms with E-state index in [4.69, 9.17) is 14.2 Å². The Kier molecular flexibility index (Phi) is 6.81. The third-order valence-electron chi connectivity index (χ3n) is 5.15. The molecule has 1 aromatic heterocycles. The van der Waals surface area contributed by atoms with Gasteiger partial charge in [0, 0.05) is 13.0 Å². The van der Waals surface area contributed by atoms with Gasteiger partial charge in [0.2, 0.25) is 0 Å². The third-order valence-corrected chi connectivity index (χ3v) is 5.15. The van der Waals surface area contributed by atoms with Gasteiger partial charge in [0.15, 0.2) is 5.76 Å². The number of hydrogen-bond acceptors (Lipinski definition) is 6. The number of ether oxygens (including phenoxy) is 3. The maximum Gasteiger partial charge on any atom is 0.514 e. The van der Waals surface area contributed by atoms with Crippen molar-refractivity contribution in [2.75, 3.05) is 13.2 Å². The molecule has 7 nitrogen and oxygen atoms in total. The van der Waals surface area contributed by atoms with Crippen molar-refractivity contribution >= 4 is 17.5 Å². The van der Waals surface area contributed by atoms with Crippen molar-refractivity contribution in [3.8, 4) is 6.07 Å². The summed E-state index contributed by atoms with van der Waals surface area (Å²) in [4.78, 5) is 12.6. The van der Waals surface area contributed by atoms with E-state index < -0.39 is 6.16 Å². The highest BCUT2D eigenvalue weighted by atomic mass is 16.7. The molecule has 1 aliphatic rings. The molecule has 1 aromatic carbocycles. The fourth-order valence-electron chi connectivity index (χ4n) is 3.43. The number of carbonyl (C=O) groups is 1. The lowest BCUT2D eigenvalue weighted by atomic mass is 9.86. The first-order chi connectivity index (χ1) is 14.7. The number of hydrogen-bond donors (Lipinski definition) is 0. The number of rotatable bonds is 5. The molecule has 1 aliphatic heterocycles. The van der Waals surface area contributed by atoms with Crippen molar-refractivity contribution < 1.29 is 19.0 Å². The van der Waals surface area contributed by atoms with Crippen LogP contribution in [0.25, 0.3) is 11.3 Å². The predicted molar refractivity (Wildman–Crippen MR) is 117 cm³/mol. The van der Waals surface area contributed by atoms with E-state index in [2.05, 4.69) is 31.9 Å². The molecule has 0 radical (unpaired) electrons. The van der Waals surface area contributed by atoms with Gasteiger partial charge in [-0.15, -0.1) is 0 Å². The van der Waals surface area contributed by atoms with Crippen molar-refractivity contribution in [1.29, 1.82) is 5.26 Å². The molecule has 0 aliphatic carbocycles. The van der Waals surface area contributed by atoms with E-state index in [9.17, 15) is 10.1 Å². The maximum atomic E-state index is 12.6. The fraction of sp³-hybridized carbons (Fsp3) is 0.458. The van der Waals surface area contributed by atoms with Crippen LogP contribution in [0.2, 0.25) is 0 Å². The van der Waals surface area contributed by atoms with E-state index >= 15 is 0 Å². The Bertz CT molecular complexity index is 1000. The number of nitriles is 1. The van der Waals surface area contributed by atoms with Crippen LogP contribution in [0.5, 0.6) is 0 Å². The molecule has 1 fully saturated rings. The summed E-state index contributed by atoms with van der Waals surface area (Å²) in [7, 11) is 0. The second-order valence-electron chi connectivity index (χ2n) is 8.59. The minimum Gasteiger partial charge on any atom is -0.428 e. The molecular formula is C24H29N3O4. The molecular weight excluding hydrogens is 394 g/mol. The van der Waals surface area contributed by atoms with Crippen molar-refractivity contribution in [2.45, 2.75) is 59.1 Å². The van der Waals surface area contributed by atoms with Crippen LogP contribution in [0.4, 0.5) is 4.79 Å². The Labute approximate surface area is 183 Å². The first-order valence-electron chi connectivity index (χ1n) is 10.5. The van der Waals surface area contributed by atoms with Crippen molar-refractivity contribution in [2.24, 2.45) is 0 Å². The van der Waals surface area contributed by atoms with Crippen LogP contribution < -0.4 is 0 Å². The minimum atomic E-state index is -0.855. The standard InChI is InChI=1S/C24H29N3O4/c1-6-27-21(13-16(2)26-27)22(31-23(28)30-19-11-12-29-15-19)20(14-25)17-7-9-18(10-8-17)24(3,4)5/h7-10,13,19H,6,11-12,15H2,1-5H3/b22-20-. The van der Waals surface area contributed by atoms with Crippen molar-refractivity contribution in [3.05, 3.63) is 52.8 Å². The first-order valence-corrected chi connectivity index (χ1v) is 10.5. The third kappa shape index (κ3) is 5.33. The Morgan fingerprint density at radius 3 is 2.58 bits per heavy atom. The molecule has 1 atom stereocenters. The molecule has 0 saturated carbocycles. The Hall–Kier alpha value is -3.11. The summed E-state index contributed by atoms with van der Waals surface area (Å²) < 4.78 is 18.0. The quantitative estimate of drug-likeness (QED) is 0.388. The minimum absolute atomic E-state index is 0.0144. The zero-order valence-corrected chi connectivity index (χ0v) is 18.8. The van der Waals surface area contributed by atoms with Crippen molar-refractivity contribution in [3.63, 3.8) is 0 Å². The number of carbonyl (C=O) groups excluding carboxylic acids is 1. The van der Waals surface area contributed by atoms with Gasteiger partial charge in [-0.2, -0.15) is 10.4 Å². The van der Waals surface area contributed by atoms with E-state index in [1.807, 2.05) is 38.1 Å². The van der Waals surface area contributed by atoms with E-state index in [-0.39, 0.29) is 22.9 Å². The lowest BCUT2D eigenvalue weighted by Crippen LogP contribution is -2.19. The summed E-state index contributed by atoms with van der Waals surface area (Å²) in [5, 5.41) is 14.5. The van der Waals surface area contributed by atoms with Crippen LogP contribution in [0.1, 0.15) is 56.6 Å². The molecule has 0 amide bonds. The van der Waals surface area contributed by atoms with E-state index in [0.29, 0.717) is 37.4 Å². The van der Waals surface area contributed by atoms with Crippen LogP contribution in [-0.4, -0.2) is 35.3 Å². The zero-order valence-electron chi connectivity index (χ0n) is 18.8. The zero-order chi connectivity index (χ0) is 22.6. The predicted octanol–water partition coefficient (Wildman–Crippen LogP) is 4.84. The van der Waals surface area contributed by atoms with Gasteiger partial charge in [0.05, 0.1) is 18.9 Å². The van der Waals surface area contributed by atoms with Crippen LogP contribution in [-0.2, 0) is 26.2 Å². The smallest absolute Gasteiger partial charge is 0.428 e. The molecule has 0 spiro atoms. The van der Waals surface area contributed by atoms with Gasteiger partial charge in [-0.3, -0.25) is 4.68 Å². The second-order valence-corrected chi connectivity index (χ2v) is 8.59. The number of allylic oxidation sites excluding steroid dienone is 1. The molecule has 31 heavy (non-hydrogen) atoms. The van der Waals surface area contributed by atoms with Gasteiger partial charge in [0.1, 0.15) is 23.4 Å². The van der Waals surface area contributed by atoms with Gasteiger partial charge >= 0.3 is 6.16 Å².